The van der Waals surface area contributed by atoms with Gasteiger partial charge in [0.1, 0.15) is 0 Å². The summed E-state index contributed by atoms with van der Waals surface area (Å²) in [5.41, 5.74) is 8.12. The minimum absolute atomic E-state index is 0.468. The van der Waals surface area contributed by atoms with E-state index in [0.29, 0.717) is 5.69 Å². The molecule has 0 atom stereocenters. The van der Waals surface area contributed by atoms with Crippen molar-refractivity contribution < 1.29 is 4.39 Å². The second-order valence-corrected chi connectivity index (χ2v) is 2.99. The van der Waals surface area contributed by atoms with Gasteiger partial charge in [0.05, 0.1) is 0 Å². The lowest BCUT2D eigenvalue weighted by molar-refractivity contribution is 0.584. The van der Waals surface area contributed by atoms with Gasteiger partial charge in [-0.05, 0) is 29.8 Å². The lowest BCUT2D eigenvalue weighted by Gasteiger charge is -2.00. The Morgan fingerprint density at radius 1 is 0.929 bits per heavy atom. The summed E-state index contributed by atoms with van der Waals surface area (Å²) >= 11 is 0. The molecule has 1 aromatic heterocycles. The van der Waals surface area contributed by atoms with Gasteiger partial charge in [0.25, 0.3) is 0 Å². The van der Waals surface area contributed by atoms with Crippen LogP contribution in [0.25, 0.3) is 11.1 Å². The van der Waals surface area contributed by atoms with Crippen molar-refractivity contribution in [2.45, 2.75) is 0 Å². The predicted molar refractivity (Wildman–Crippen MR) is 54.0 cm³/mol. The largest absolute Gasteiger partial charge is 0.399 e. The van der Waals surface area contributed by atoms with Gasteiger partial charge in [-0.15, -0.1) is 0 Å². The SMILES string of the molecule is Nc1ccc(-c2ccc(F)nc2)cc1. The Balaban J connectivity index is 2.40. The molecule has 2 N–H and O–H groups in total. The van der Waals surface area contributed by atoms with Crippen LogP contribution in [0.4, 0.5) is 10.1 Å². The number of halogens is 1. The normalized spacial score (nSPS) is 10.1. The molecule has 0 unspecified atom stereocenters. The fraction of sp³-hybridized carbons (Fsp3) is 0. The first-order chi connectivity index (χ1) is 6.75. The van der Waals surface area contributed by atoms with Crippen molar-refractivity contribution in [2.24, 2.45) is 0 Å². The Labute approximate surface area is 81.2 Å². The second kappa shape index (κ2) is 3.46. The molecule has 0 saturated carbocycles. The van der Waals surface area contributed by atoms with E-state index >= 15 is 0 Å². The van der Waals surface area contributed by atoms with E-state index in [-0.39, 0.29) is 0 Å². The first-order valence-corrected chi connectivity index (χ1v) is 4.23. The van der Waals surface area contributed by atoms with Gasteiger partial charge in [-0.25, -0.2) is 4.98 Å². The number of hydrogen-bond donors (Lipinski definition) is 1. The van der Waals surface area contributed by atoms with Crippen molar-refractivity contribution in [3.8, 4) is 11.1 Å². The fourth-order valence-electron chi connectivity index (χ4n) is 1.22. The van der Waals surface area contributed by atoms with Gasteiger partial charge in [0.2, 0.25) is 5.95 Å². The maximum absolute atomic E-state index is 12.5. The van der Waals surface area contributed by atoms with Crippen LogP contribution in [0.1, 0.15) is 0 Å². The molecule has 0 radical (unpaired) electrons. The highest BCUT2D eigenvalue weighted by atomic mass is 19.1. The Hall–Kier alpha value is -1.90. The number of pyridine rings is 1. The number of aromatic nitrogens is 1. The molecule has 0 fully saturated rings. The molecule has 0 bridgehead atoms. The van der Waals surface area contributed by atoms with E-state index in [0.717, 1.165) is 11.1 Å². The first kappa shape index (κ1) is 8.69. The maximum atomic E-state index is 12.5. The molecule has 70 valence electrons. The molecule has 1 aromatic carbocycles. The van der Waals surface area contributed by atoms with E-state index in [1.54, 1.807) is 18.2 Å². The third-order valence-corrected chi connectivity index (χ3v) is 1.97. The Morgan fingerprint density at radius 3 is 2.14 bits per heavy atom. The predicted octanol–water partition coefficient (Wildman–Crippen LogP) is 2.47. The van der Waals surface area contributed by atoms with E-state index in [2.05, 4.69) is 4.98 Å². The minimum Gasteiger partial charge on any atom is -0.399 e. The molecule has 0 amide bonds. The summed E-state index contributed by atoms with van der Waals surface area (Å²) in [4.78, 5) is 3.58. The molecule has 1 heterocycles. The van der Waals surface area contributed by atoms with Crippen LogP contribution in [0, 0.1) is 5.95 Å². The number of benzene rings is 1. The summed E-state index contributed by atoms with van der Waals surface area (Å²) in [6.45, 7) is 0. The molecular formula is C11H9FN2. The third-order valence-electron chi connectivity index (χ3n) is 1.97. The van der Waals surface area contributed by atoms with Gasteiger partial charge in [0.15, 0.2) is 0 Å². The van der Waals surface area contributed by atoms with Crippen molar-refractivity contribution in [3.05, 3.63) is 48.5 Å². The summed E-state index contributed by atoms with van der Waals surface area (Å²) in [6, 6.07) is 10.4. The average molecular weight is 188 g/mol. The Kier molecular flexibility index (Phi) is 2.14. The van der Waals surface area contributed by atoms with Crippen LogP contribution < -0.4 is 5.73 Å². The van der Waals surface area contributed by atoms with E-state index in [1.165, 1.54) is 12.3 Å². The zero-order valence-electron chi connectivity index (χ0n) is 7.44. The molecule has 14 heavy (non-hydrogen) atoms. The minimum atomic E-state index is -0.468. The molecule has 0 aliphatic carbocycles. The topological polar surface area (TPSA) is 38.9 Å². The smallest absolute Gasteiger partial charge is 0.212 e. The van der Waals surface area contributed by atoms with Gasteiger partial charge < -0.3 is 5.73 Å². The first-order valence-electron chi connectivity index (χ1n) is 4.23. The molecule has 0 spiro atoms. The number of nitrogen functional groups attached to an aromatic ring is 1. The van der Waals surface area contributed by atoms with Crippen molar-refractivity contribution in [2.75, 3.05) is 5.73 Å². The molecule has 0 saturated heterocycles. The number of nitrogens with zero attached hydrogens (tertiary/aromatic N) is 1. The van der Waals surface area contributed by atoms with Crippen LogP contribution in [0.2, 0.25) is 0 Å². The van der Waals surface area contributed by atoms with Crippen molar-refractivity contribution in [1.29, 1.82) is 0 Å². The van der Waals surface area contributed by atoms with E-state index < -0.39 is 5.95 Å². The van der Waals surface area contributed by atoms with Gasteiger partial charge >= 0.3 is 0 Å². The zero-order chi connectivity index (χ0) is 9.97. The highest BCUT2D eigenvalue weighted by Crippen LogP contribution is 2.19. The summed E-state index contributed by atoms with van der Waals surface area (Å²) in [5.74, 6) is -0.468. The monoisotopic (exact) mass is 188 g/mol. The van der Waals surface area contributed by atoms with Crippen LogP contribution in [0.5, 0.6) is 0 Å². The molecular weight excluding hydrogens is 179 g/mol. The Bertz CT molecular complexity index is 377. The van der Waals surface area contributed by atoms with Crippen LogP contribution >= 0.6 is 0 Å². The van der Waals surface area contributed by atoms with Crippen LogP contribution in [-0.2, 0) is 0 Å². The molecule has 0 aliphatic heterocycles. The highest BCUT2D eigenvalue weighted by molar-refractivity contribution is 5.64. The van der Waals surface area contributed by atoms with Crippen LogP contribution in [-0.4, -0.2) is 4.98 Å². The van der Waals surface area contributed by atoms with Gasteiger partial charge in [-0.2, -0.15) is 4.39 Å². The molecule has 2 nitrogen and oxygen atoms in total. The number of anilines is 1. The highest BCUT2D eigenvalue weighted by Gasteiger charge is 1.97. The molecule has 3 heteroatoms. The van der Waals surface area contributed by atoms with Gasteiger partial charge in [0, 0.05) is 17.4 Å². The van der Waals surface area contributed by atoms with E-state index in [1.807, 2.05) is 12.1 Å². The van der Waals surface area contributed by atoms with Crippen molar-refractivity contribution in [3.63, 3.8) is 0 Å². The lowest BCUT2D eigenvalue weighted by Crippen LogP contribution is -1.85. The summed E-state index contributed by atoms with van der Waals surface area (Å²) in [5, 5.41) is 0. The fourth-order valence-corrected chi connectivity index (χ4v) is 1.22. The maximum Gasteiger partial charge on any atom is 0.212 e. The number of rotatable bonds is 1. The lowest BCUT2D eigenvalue weighted by atomic mass is 10.1. The van der Waals surface area contributed by atoms with Gasteiger partial charge in [-0.1, -0.05) is 12.1 Å². The van der Waals surface area contributed by atoms with Gasteiger partial charge in [-0.3, -0.25) is 0 Å². The van der Waals surface area contributed by atoms with Crippen LogP contribution in [0.3, 0.4) is 0 Å². The summed E-state index contributed by atoms with van der Waals surface area (Å²) in [6.07, 6.45) is 1.50. The summed E-state index contributed by atoms with van der Waals surface area (Å²) < 4.78 is 12.5. The number of hydrogen-bond acceptors (Lipinski definition) is 2. The van der Waals surface area contributed by atoms with E-state index in [9.17, 15) is 4.39 Å². The quantitative estimate of drug-likeness (QED) is 0.551. The Morgan fingerprint density at radius 2 is 1.57 bits per heavy atom. The van der Waals surface area contributed by atoms with Crippen molar-refractivity contribution >= 4 is 5.69 Å². The second-order valence-electron chi connectivity index (χ2n) is 2.99. The van der Waals surface area contributed by atoms with E-state index in [4.69, 9.17) is 5.73 Å². The number of nitrogens with two attached hydrogens (primary N) is 1. The molecule has 2 rings (SSSR count). The standard InChI is InChI=1S/C11H9FN2/c12-11-6-3-9(7-14-11)8-1-4-10(13)5-2-8/h1-7H,13H2. The zero-order valence-corrected chi connectivity index (χ0v) is 7.44. The summed E-state index contributed by atoms with van der Waals surface area (Å²) in [7, 11) is 0. The molecule has 2 aromatic rings. The average Bonchev–Trinajstić information content (AvgIpc) is 2.21. The molecule has 0 aliphatic rings. The van der Waals surface area contributed by atoms with Crippen LogP contribution in [0.15, 0.2) is 42.6 Å². The van der Waals surface area contributed by atoms with Crippen molar-refractivity contribution in [1.82, 2.24) is 4.98 Å². The third kappa shape index (κ3) is 1.71.